The van der Waals surface area contributed by atoms with Gasteiger partial charge in [0.15, 0.2) is 11.0 Å². The minimum absolute atomic E-state index is 0.145. The number of nitrogens with zero attached hydrogens (tertiary/aromatic N) is 2. The molecule has 14 heavy (non-hydrogen) atoms. The van der Waals surface area contributed by atoms with E-state index in [1.165, 1.54) is 6.33 Å². The molecule has 3 N–H and O–H groups in total. The molecule has 76 valence electrons. The standard InChI is InChI=1S/C8H11ClN4O/c1-4(2)8(14)13-5-6(9)11-3-12-7(5)10/h3-4H,1-2H3,(H,13,14)(H2,10,11,12). The number of amides is 1. The van der Waals surface area contributed by atoms with Gasteiger partial charge in [-0.1, -0.05) is 25.4 Å². The summed E-state index contributed by atoms with van der Waals surface area (Å²) in [5.74, 6) is -0.155. The molecule has 0 spiro atoms. The van der Waals surface area contributed by atoms with Crippen molar-refractivity contribution >= 4 is 29.0 Å². The molecule has 5 nitrogen and oxygen atoms in total. The van der Waals surface area contributed by atoms with Crippen molar-refractivity contribution in [2.75, 3.05) is 11.1 Å². The predicted molar refractivity (Wildman–Crippen MR) is 54.9 cm³/mol. The second-order valence-corrected chi connectivity index (χ2v) is 3.43. The number of carbonyl (C=O) groups is 1. The Labute approximate surface area is 86.7 Å². The van der Waals surface area contributed by atoms with Crippen LogP contribution in [0.2, 0.25) is 5.15 Å². The topological polar surface area (TPSA) is 80.9 Å². The Bertz CT molecular complexity index is 333. The van der Waals surface area contributed by atoms with Gasteiger partial charge < -0.3 is 11.1 Å². The minimum Gasteiger partial charge on any atom is -0.382 e. The van der Waals surface area contributed by atoms with Gasteiger partial charge in [-0.05, 0) is 0 Å². The van der Waals surface area contributed by atoms with E-state index in [1.54, 1.807) is 13.8 Å². The van der Waals surface area contributed by atoms with E-state index < -0.39 is 0 Å². The van der Waals surface area contributed by atoms with Gasteiger partial charge in [-0.25, -0.2) is 9.97 Å². The fourth-order valence-corrected chi connectivity index (χ4v) is 0.947. The third-order valence-electron chi connectivity index (χ3n) is 1.60. The Balaban J connectivity index is 2.91. The number of nitrogens with two attached hydrogens (primary N) is 1. The van der Waals surface area contributed by atoms with Gasteiger partial charge in [-0.2, -0.15) is 0 Å². The van der Waals surface area contributed by atoms with Crippen molar-refractivity contribution < 1.29 is 4.79 Å². The van der Waals surface area contributed by atoms with Crippen LogP contribution in [-0.4, -0.2) is 15.9 Å². The Morgan fingerprint density at radius 2 is 2.21 bits per heavy atom. The van der Waals surface area contributed by atoms with Gasteiger partial charge in [-0.3, -0.25) is 4.79 Å². The van der Waals surface area contributed by atoms with E-state index in [2.05, 4.69) is 15.3 Å². The Morgan fingerprint density at radius 3 is 2.71 bits per heavy atom. The fourth-order valence-electron chi connectivity index (χ4n) is 0.760. The average molecular weight is 215 g/mol. The zero-order valence-corrected chi connectivity index (χ0v) is 8.67. The summed E-state index contributed by atoms with van der Waals surface area (Å²) in [6, 6.07) is 0. The molecule has 1 aromatic rings. The van der Waals surface area contributed by atoms with Crippen LogP contribution in [0.4, 0.5) is 11.5 Å². The molecule has 0 aliphatic rings. The number of halogens is 1. The molecule has 1 amide bonds. The Morgan fingerprint density at radius 1 is 1.57 bits per heavy atom. The highest BCUT2D eigenvalue weighted by molar-refractivity contribution is 6.33. The number of hydrogen-bond donors (Lipinski definition) is 2. The molecule has 0 radical (unpaired) electrons. The minimum atomic E-state index is -0.173. The highest BCUT2D eigenvalue weighted by atomic mass is 35.5. The first-order valence-corrected chi connectivity index (χ1v) is 4.47. The molecular weight excluding hydrogens is 204 g/mol. The zero-order chi connectivity index (χ0) is 10.7. The molecule has 0 saturated carbocycles. The van der Waals surface area contributed by atoms with Gasteiger partial charge in [-0.15, -0.1) is 0 Å². The van der Waals surface area contributed by atoms with Crippen LogP contribution in [0.1, 0.15) is 13.8 Å². The first-order chi connectivity index (χ1) is 6.52. The molecule has 1 aromatic heterocycles. The van der Waals surface area contributed by atoms with Crippen LogP contribution >= 0.6 is 11.6 Å². The summed E-state index contributed by atoms with van der Waals surface area (Å²) >= 11 is 5.73. The van der Waals surface area contributed by atoms with E-state index in [0.717, 1.165) is 0 Å². The fraction of sp³-hybridized carbons (Fsp3) is 0.375. The lowest BCUT2D eigenvalue weighted by Gasteiger charge is -2.09. The van der Waals surface area contributed by atoms with Gasteiger partial charge >= 0.3 is 0 Å². The van der Waals surface area contributed by atoms with Gasteiger partial charge in [0.1, 0.15) is 12.0 Å². The highest BCUT2D eigenvalue weighted by Gasteiger charge is 2.13. The second kappa shape index (κ2) is 4.23. The highest BCUT2D eigenvalue weighted by Crippen LogP contribution is 2.23. The smallest absolute Gasteiger partial charge is 0.227 e. The maximum atomic E-state index is 11.3. The summed E-state index contributed by atoms with van der Waals surface area (Å²) < 4.78 is 0. The lowest BCUT2D eigenvalue weighted by Crippen LogP contribution is -2.19. The lowest BCUT2D eigenvalue weighted by molar-refractivity contribution is -0.118. The predicted octanol–water partition coefficient (Wildman–Crippen LogP) is 1.31. The summed E-state index contributed by atoms with van der Waals surface area (Å²) in [6.07, 6.45) is 1.24. The first-order valence-electron chi connectivity index (χ1n) is 4.09. The van der Waals surface area contributed by atoms with E-state index in [0.29, 0.717) is 0 Å². The molecule has 1 rings (SSSR count). The summed E-state index contributed by atoms with van der Waals surface area (Å²) in [4.78, 5) is 18.8. The summed E-state index contributed by atoms with van der Waals surface area (Å²) in [6.45, 7) is 3.53. The van der Waals surface area contributed by atoms with Crippen LogP contribution in [0.5, 0.6) is 0 Å². The molecular formula is C8H11ClN4O. The second-order valence-electron chi connectivity index (χ2n) is 3.07. The van der Waals surface area contributed by atoms with Crippen molar-refractivity contribution in [3.63, 3.8) is 0 Å². The SMILES string of the molecule is CC(C)C(=O)Nc1c(N)ncnc1Cl. The molecule has 0 aromatic carbocycles. The third-order valence-corrected chi connectivity index (χ3v) is 1.89. The van der Waals surface area contributed by atoms with Gasteiger partial charge in [0.05, 0.1) is 0 Å². The van der Waals surface area contributed by atoms with Crippen LogP contribution in [0, 0.1) is 5.92 Å². The normalized spacial score (nSPS) is 10.3. The molecule has 0 bridgehead atoms. The first kappa shape index (κ1) is 10.7. The molecule has 6 heteroatoms. The third kappa shape index (κ3) is 2.32. The number of carbonyl (C=O) groups excluding carboxylic acids is 1. The van der Waals surface area contributed by atoms with E-state index in [9.17, 15) is 4.79 Å². The Kier molecular flexibility index (Phi) is 3.24. The van der Waals surface area contributed by atoms with E-state index >= 15 is 0 Å². The number of hydrogen-bond acceptors (Lipinski definition) is 4. The molecule has 0 unspecified atom stereocenters. The Hall–Kier alpha value is -1.36. The van der Waals surface area contributed by atoms with E-state index in [1.807, 2.05) is 0 Å². The van der Waals surface area contributed by atoms with E-state index in [-0.39, 0.29) is 28.5 Å². The number of nitrogen functional groups attached to an aromatic ring is 1. The van der Waals surface area contributed by atoms with Crippen molar-refractivity contribution in [1.82, 2.24) is 9.97 Å². The van der Waals surface area contributed by atoms with Crippen molar-refractivity contribution in [1.29, 1.82) is 0 Å². The molecule has 0 saturated heterocycles. The van der Waals surface area contributed by atoms with Crippen molar-refractivity contribution in [2.24, 2.45) is 5.92 Å². The summed E-state index contributed by atoms with van der Waals surface area (Å²) in [7, 11) is 0. The monoisotopic (exact) mass is 214 g/mol. The van der Waals surface area contributed by atoms with Crippen LogP contribution in [0.25, 0.3) is 0 Å². The van der Waals surface area contributed by atoms with Gasteiger partial charge in [0, 0.05) is 5.92 Å². The average Bonchev–Trinajstić information content (AvgIpc) is 2.11. The largest absolute Gasteiger partial charge is 0.382 e. The number of nitrogens with one attached hydrogen (secondary N) is 1. The van der Waals surface area contributed by atoms with E-state index in [4.69, 9.17) is 17.3 Å². The van der Waals surface area contributed by atoms with Crippen molar-refractivity contribution in [3.05, 3.63) is 11.5 Å². The summed E-state index contributed by atoms with van der Waals surface area (Å²) in [5.41, 5.74) is 5.79. The van der Waals surface area contributed by atoms with Gasteiger partial charge in [0.25, 0.3) is 0 Å². The number of rotatable bonds is 2. The molecule has 0 aliphatic carbocycles. The summed E-state index contributed by atoms with van der Waals surface area (Å²) in [5, 5.41) is 2.70. The van der Waals surface area contributed by atoms with Gasteiger partial charge in [0.2, 0.25) is 5.91 Å². The molecule has 0 fully saturated rings. The molecule has 1 heterocycles. The van der Waals surface area contributed by atoms with Crippen LogP contribution in [0.15, 0.2) is 6.33 Å². The lowest BCUT2D eigenvalue weighted by atomic mass is 10.2. The van der Waals surface area contributed by atoms with Crippen LogP contribution < -0.4 is 11.1 Å². The van der Waals surface area contributed by atoms with Crippen molar-refractivity contribution in [3.8, 4) is 0 Å². The number of anilines is 2. The molecule has 0 aliphatic heterocycles. The zero-order valence-electron chi connectivity index (χ0n) is 7.91. The van der Waals surface area contributed by atoms with Crippen molar-refractivity contribution in [2.45, 2.75) is 13.8 Å². The maximum Gasteiger partial charge on any atom is 0.227 e. The maximum absolute atomic E-state index is 11.3. The van der Waals surface area contributed by atoms with Crippen LogP contribution in [0.3, 0.4) is 0 Å². The quantitative estimate of drug-likeness (QED) is 0.728. The molecule has 0 atom stereocenters. The van der Waals surface area contributed by atoms with Crippen LogP contribution in [-0.2, 0) is 4.79 Å². The number of aromatic nitrogens is 2.